The Labute approximate surface area is 311 Å². The van der Waals surface area contributed by atoms with Crippen LogP contribution in [0.25, 0.3) is 22.3 Å². The highest BCUT2D eigenvalue weighted by atomic mass is 16.5. The maximum atomic E-state index is 12.1. The summed E-state index contributed by atoms with van der Waals surface area (Å²) in [5, 5.41) is 20.4. The van der Waals surface area contributed by atoms with Gasteiger partial charge in [0, 0.05) is 11.1 Å². The van der Waals surface area contributed by atoms with Crippen molar-refractivity contribution in [1.29, 1.82) is 0 Å². The lowest BCUT2D eigenvalue weighted by Crippen LogP contribution is -2.36. The van der Waals surface area contributed by atoms with Gasteiger partial charge in [-0.25, -0.2) is 9.59 Å². The second-order valence-corrected chi connectivity index (χ2v) is 14.0. The first kappa shape index (κ1) is 42.2. The van der Waals surface area contributed by atoms with E-state index in [9.17, 15) is 19.8 Å². The molecule has 7 nitrogen and oxygen atoms in total. The number of carbonyl (C=O) groups excluding carboxylic acids is 2. The van der Waals surface area contributed by atoms with Gasteiger partial charge in [-0.15, -0.1) is 0 Å². The molecule has 52 heavy (non-hydrogen) atoms. The Morgan fingerprint density at radius 1 is 0.673 bits per heavy atom. The molecule has 0 spiro atoms. The van der Waals surface area contributed by atoms with Crippen molar-refractivity contribution in [3.05, 3.63) is 101 Å². The molecule has 0 bridgehead atoms. The van der Waals surface area contributed by atoms with Crippen LogP contribution in [0.3, 0.4) is 0 Å². The lowest BCUT2D eigenvalue weighted by atomic mass is 9.87. The van der Waals surface area contributed by atoms with Crippen LogP contribution >= 0.6 is 0 Å². The van der Waals surface area contributed by atoms with E-state index in [0.717, 1.165) is 35.1 Å². The largest absolute Gasteiger partial charge is 0.492 e. The number of benzene rings is 3. The van der Waals surface area contributed by atoms with Gasteiger partial charge in [0.15, 0.2) is 0 Å². The molecular weight excluding hydrogens is 652 g/mol. The van der Waals surface area contributed by atoms with Gasteiger partial charge in [0.1, 0.15) is 5.75 Å². The molecular formula is C45H60O7. The zero-order valence-electron chi connectivity index (χ0n) is 32.2. The van der Waals surface area contributed by atoms with Crippen molar-refractivity contribution in [2.45, 2.75) is 98.8 Å². The van der Waals surface area contributed by atoms with Crippen molar-refractivity contribution in [2.24, 2.45) is 5.41 Å². The van der Waals surface area contributed by atoms with E-state index in [1.165, 1.54) is 41.5 Å². The maximum absolute atomic E-state index is 12.1. The molecule has 0 fully saturated rings. The summed E-state index contributed by atoms with van der Waals surface area (Å²) in [6, 6.07) is 19.8. The Hall–Kier alpha value is -4.20. The molecule has 0 aliphatic heterocycles. The first-order valence-electron chi connectivity index (χ1n) is 18.9. The minimum absolute atomic E-state index is 0.122. The molecule has 0 amide bonds. The molecule has 0 atom stereocenters. The van der Waals surface area contributed by atoms with Crippen LogP contribution in [-0.4, -0.2) is 55.2 Å². The lowest BCUT2D eigenvalue weighted by Gasteiger charge is -2.29. The van der Waals surface area contributed by atoms with Crippen molar-refractivity contribution < 1.29 is 34.0 Å². The van der Waals surface area contributed by atoms with Gasteiger partial charge in [0.05, 0.1) is 38.4 Å². The Morgan fingerprint density at radius 3 is 1.69 bits per heavy atom. The maximum Gasteiger partial charge on any atom is 0.333 e. The number of hydrogen-bond acceptors (Lipinski definition) is 7. The van der Waals surface area contributed by atoms with E-state index in [2.05, 4.69) is 81.6 Å². The number of hydrogen-bond donors (Lipinski definition) is 2. The van der Waals surface area contributed by atoms with Gasteiger partial charge in [-0.1, -0.05) is 89.2 Å². The third kappa shape index (κ3) is 12.2. The van der Waals surface area contributed by atoms with E-state index in [1.807, 2.05) is 6.92 Å². The van der Waals surface area contributed by atoms with Crippen LogP contribution in [0, 0.1) is 5.41 Å². The molecule has 3 rings (SSSR count). The average molecular weight is 713 g/mol. The number of rotatable bonds is 23. The van der Waals surface area contributed by atoms with Crippen LogP contribution in [0.15, 0.2) is 78.9 Å². The highest BCUT2D eigenvalue weighted by molar-refractivity contribution is 5.87. The molecule has 282 valence electrons. The zero-order chi connectivity index (χ0) is 38.1. The molecule has 3 aromatic carbocycles. The summed E-state index contributed by atoms with van der Waals surface area (Å²) in [5.41, 5.74) is 8.85. The third-order valence-electron chi connectivity index (χ3n) is 9.68. The SMILES string of the molecule is C=C(C)C(=O)OCCCc1cc(-c2ccc(-c3ccc(CCCCC)cc3)cc2CC)cc(CCCOC(=O)C(=C)C)c1OCC(CC)(CO)CO. The van der Waals surface area contributed by atoms with Crippen molar-refractivity contribution in [3.63, 3.8) is 0 Å². The van der Waals surface area contributed by atoms with Crippen molar-refractivity contribution >= 4 is 11.9 Å². The van der Waals surface area contributed by atoms with Gasteiger partial charge in [-0.3, -0.25) is 0 Å². The molecule has 0 radical (unpaired) electrons. The topological polar surface area (TPSA) is 102 Å². The van der Waals surface area contributed by atoms with E-state index in [1.54, 1.807) is 13.8 Å². The third-order valence-corrected chi connectivity index (χ3v) is 9.68. The molecule has 0 heterocycles. The standard InChI is InChI=1S/C45H60O7/c1-8-11-12-15-34-18-20-36(21-19-34)37-22-23-41(35(9-2)26-37)40-27-38(16-13-24-50-43(48)32(4)5)42(52-31-45(10-3,29-46)30-47)39(28-40)17-14-25-51-44(49)33(6)7/h18-23,26-28,46-47H,4,6,8-17,24-25,29-31H2,1-3,5,7H3. The van der Waals surface area contributed by atoms with Gasteiger partial charge in [-0.05, 0) is 122 Å². The summed E-state index contributed by atoms with van der Waals surface area (Å²) in [6.45, 7) is 17.1. The molecule has 2 N–H and O–H groups in total. The molecule has 3 aromatic rings. The Bertz CT molecular complexity index is 1570. The molecule has 0 aliphatic carbocycles. The van der Waals surface area contributed by atoms with E-state index in [4.69, 9.17) is 14.2 Å². The predicted octanol–water partition coefficient (Wildman–Crippen LogP) is 9.18. The van der Waals surface area contributed by atoms with Crippen molar-refractivity contribution in [2.75, 3.05) is 33.0 Å². The molecule has 0 saturated heterocycles. The first-order chi connectivity index (χ1) is 25.0. The molecule has 0 saturated carbocycles. The normalized spacial score (nSPS) is 11.3. The van der Waals surface area contributed by atoms with Gasteiger partial charge in [0.2, 0.25) is 0 Å². The van der Waals surface area contributed by atoms with E-state index in [0.29, 0.717) is 49.0 Å². The number of ether oxygens (including phenoxy) is 3. The van der Waals surface area contributed by atoms with Crippen LogP contribution in [0.4, 0.5) is 0 Å². The second-order valence-electron chi connectivity index (χ2n) is 14.0. The smallest absolute Gasteiger partial charge is 0.333 e. The summed E-state index contributed by atoms with van der Waals surface area (Å²) in [7, 11) is 0. The van der Waals surface area contributed by atoms with Gasteiger partial charge in [-0.2, -0.15) is 0 Å². The summed E-state index contributed by atoms with van der Waals surface area (Å²) in [6.07, 6.45) is 8.37. The van der Waals surface area contributed by atoms with Gasteiger partial charge in [0.25, 0.3) is 0 Å². The van der Waals surface area contributed by atoms with E-state index >= 15 is 0 Å². The van der Waals surface area contributed by atoms with Crippen molar-refractivity contribution in [3.8, 4) is 28.0 Å². The first-order valence-corrected chi connectivity index (χ1v) is 18.9. The summed E-state index contributed by atoms with van der Waals surface area (Å²) < 4.78 is 17.4. The Morgan fingerprint density at radius 2 is 1.21 bits per heavy atom. The van der Waals surface area contributed by atoms with Crippen LogP contribution < -0.4 is 4.74 Å². The molecule has 0 aliphatic rings. The number of esters is 2. The van der Waals surface area contributed by atoms with Crippen LogP contribution in [0.5, 0.6) is 5.75 Å². The van der Waals surface area contributed by atoms with E-state index in [-0.39, 0.29) is 33.0 Å². The zero-order valence-corrected chi connectivity index (χ0v) is 32.2. The summed E-state index contributed by atoms with van der Waals surface area (Å²) in [5.74, 6) is -0.171. The number of aliphatic hydroxyl groups excluding tert-OH is 2. The summed E-state index contributed by atoms with van der Waals surface area (Å²) >= 11 is 0. The summed E-state index contributed by atoms with van der Waals surface area (Å²) in [4.78, 5) is 24.2. The Balaban J connectivity index is 2.06. The fourth-order valence-corrected chi connectivity index (χ4v) is 6.05. The quantitative estimate of drug-likeness (QED) is 0.0574. The Kier molecular flexibility index (Phi) is 17.3. The highest BCUT2D eigenvalue weighted by Crippen LogP contribution is 2.37. The van der Waals surface area contributed by atoms with Crippen LogP contribution in [-0.2, 0) is 44.7 Å². The number of unbranched alkanes of at least 4 members (excludes halogenated alkanes) is 2. The minimum atomic E-state index is -0.805. The lowest BCUT2D eigenvalue weighted by molar-refractivity contribution is -0.139. The van der Waals surface area contributed by atoms with Crippen LogP contribution in [0.1, 0.15) is 95.4 Å². The number of aryl methyl sites for hydroxylation is 4. The fraction of sp³-hybridized carbons (Fsp3) is 0.467. The second kappa shape index (κ2) is 21.4. The fourth-order valence-electron chi connectivity index (χ4n) is 6.05. The average Bonchev–Trinajstić information content (AvgIpc) is 3.16. The molecule has 0 unspecified atom stereocenters. The molecule has 0 aromatic heterocycles. The van der Waals surface area contributed by atoms with E-state index < -0.39 is 17.4 Å². The monoisotopic (exact) mass is 712 g/mol. The van der Waals surface area contributed by atoms with Gasteiger partial charge >= 0.3 is 11.9 Å². The number of carbonyl (C=O) groups is 2. The predicted molar refractivity (Wildman–Crippen MR) is 210 cm³/mol. The molecule has 7 heteroatoms. The minimum Gasteiger partial charge on any atom is -0.492 e. The highest BCUT2D eigenvalue weighted by Gasteiger charge is 2.29. The van der Waals surface area contributed by atoms with Gasteiger partial charge < -0.3 is 24.4 Å². The number of aliphatic hydroxyl groups is 2. The van der Waals surface area contributed by atoms with Crippen LogP contribution in [0.2, 0.25) is 0 Å². The van der Waals surface area contributed by atoms with Crippen molar-refractivity contribution in [1.82, 2.24) is 0 Å².